The second-order valence-corrected chi connectivity index (χ2v) is 7.40. The van der Waals surface area contributed by atoms with Gasteiger partial charge in [0.25, 0.3) is 10.0 Å². The molecule has 114 valence electrons. The molecule has 5 heteroatoms. The molecule has 1 aliphatic rings. The Labute approximate surface area is 130 Å². The molecular weight excluding hydrogens is 298 g/mol. The minimum absolute atomic E-state index is 0.0672. The predicted octanol–water partition coefficient (Wildman–Crippen LogP) is 2.95. The van der Waals surface area contributed by atoms with Gasteiger partial charge in [-0.1, -0.05) is 29.8 Å². The summed E-state index contributed by atoms with van der Waals surface area (Å²) < 4.78 is 27.1. The van der Waals surface area contributed by atoms with Crippen molar-refractivity contribution in [1.82, 2.24) is 0 Å². The number of anilines is 1. The van der Waals surface area contributed by atoms with E-state index in [-0.39, 0.29) is 10.7 Å². The first-order valence-electron chi connectivity index (χ1n) is 7.13. The zero-order valence-corrected chi connectivity index (χ0v) is 13.4. The number of ketones is 1. The molecule has 4 nitrogen and oxygen atoms in total. The lowest BCUT2D eigenvalue weighted by molar-refractivity contribution is 0.101. The van der Waals surface area contributed by atoms with Crippen molar-refractivity contribution in [3.05, 3.63) is 59.2 Å². The Morgan fingerprint density at radius 2 is 1.77 bits per heavy atom. The Balaban J connectivity index is 2.06. The molecule has 0 N–H and O–H groups in total. The van der Waals surface area contributed by atoms with Gasteiger partial charge in [0, 0.05) is 12.1 Å². The molecule has 2 aromatic rings. The van der Waals surface area contributed by atoms with Crippen LogP contribution in [0.4, 0.5) is 5.69 Å². The number of benzene rings is 2. The third-order valence-corrected chi connectivity index (χ3v) is 5.78. The molecule has 0 saturated carbocycles. The SMILES string of the molecule is CC(=O)c1ccc2c(c1)N(S(=O)(=O)c1ccc(C)cc1)CC2. The zero-order valence-electron chi connectivity index (χ0n) is 12.5. The lowest BCUT2D eigenvalue weighted by Crippen LogP contribution is -2.29. The number of sulfonamides is 1. The van der Waals surface area contributed by atoms with Gasteiger partial charge in [-0.3, -0.25) is 9.10 Å². The minimum Gasteiger partial charge on any atom is -0.295 e. The summed E-state index contributed by atoms with van der Waals surface area (Å²) in [7, 11) is -3.59. The Hall–Kier alpha value is -2.14. The average molecular weight is 315 g/mol. The van der Waals surface area contributed by atoms with Crippen molar-refractivity contribution in [3.8, 4) is 0 Å². The smallest absolute Gasteiger partial charge is 0.264 e. The van der Waals surface area contributed by atoms with Gasteiger partial charge in [0.2, 0.25) is 0 Å². The maximum absolute atomic E-state index is 12.8. The fourth-order valence-electron chi connectivity index (χ4n) is 2.66. The summed E-state index contributed by atoms with van der Waals surface area (Å²) in [5.41, 5.74) is 3.12. The molecule has 1 aliphatic heterocycles. The van der Waals surface area contributed by atoms with Crippen LogP contribution in [-0.4, -0.2) is 20.7 Å². The van der Waals surface area contributed by atoms with Gasteiger partial charge >= 0.3 is 0 Å². The van der Waals surface area contributed by atoms with E-state index in [0.29, 0.717) is 24.2 Å². The van der Waals surface area contributed by atoms with Crippen LogP contribution in [0.25, 0.3) is 0 Å². The number of rotatable bonds is 3. The number of aryl methyl sites for hydroxylation is 1. The van der Waals surface area contributed by atoms with Crippen molar-refractivity contribution in [3.63, 3.8) is 0 Å². The Kier molecular flexibility index (Phi) is 3.53. The van der Waals surface area contributed by atoms with Gasteiger partial charge in [0.1, 0.15) is 0 Å². The third-order valence-electron chi connectivity index (χ3n) is 3.95. The highest BCUT2D eigenvalue weighted by molar-refractivity contribution is 7.92. The van der Waals surface area contributed by atoms with Crippen molar-refractivity contribution in [2.24, 2.45) is 0 Å². The van der Waals surface area contributed by atoms with Gasteiger partial charge < -0.3 is 0 Å². The van der Waals surface area contributed by atoms with E-state index in [0.717, 1.165) is 11.1 Å². The summed E-state index contributed by atoms with van der Waals surface area (Å²) in [6.45, 7) is 3.81. The molecule has 0 amide bonds. The van der Waals surface area contributed by atoms with Gasteiger partial charge in [-0.2, -0.15) is 0 Å². The van der Waals surface area contributed by atoms with Crippen LogP contribution >= 0.6 is 0 Å². The molecule has 22 heavy (non-hydrogen) atoms. The number of carbonyl (C=O) groups is 1. The van der Waals surface area contributed by atoms with Crippen LogP contribution in [0.3, 0.4) is 0 Å². The lowest BCUT2D eigenvalue weighted by Gasteiger charge is -2.20. The van der Waals surface area contributed by atoms with E-state index in [1.54, 1.807) is 36.4 Å². The largest absolute Gasteiger partial charge is 0.295 e. The van der Waals surface area contributed by atoms with Crippen molar-refractivity contribution < 1.29 is 13.2 Å². The fourth-order valence-corrected chi connectivity index (χ4v) is 4.15. The molecule has 0 radical (unpaired) electrons. The minimum atomic E-state index is -3.59. The third kappa shape index (κ3) is 2.41. The summed E-state index contributed by atoms with van der Waals surface area (Å²) in [6.07, 6.45) is 0.665. The van der Waals surface area contributed by atoms with E-state index in [4.69, 9.17) is 0 Å². The van der Waals surface area contributed by atoms with E-state index in [1.165, 1.54) is 11.2 Å². The molecule has 0 saturated heterocycles. The fraction of sp³-hybridized carbons (Fsp3) is 0.235. The average Bonchev–Trinajstić information content (AvgIpc) is 2.91. The predicted molar refractivity (Wildman–Crippen MR) is 85.9 cm³/mol. The summed E-state index contributed by atoms with van der Waals surface area (Å²) in [5.74, 6) is -0.0672. The summed E-state index contributed by atoms with van der Waals surface area (Å²) in [5, 5.41) is 0. The number of hydrogen-bond donors (Lipinski definition) is 0. The van der Waals surface area contributed by atoms with Gasteiger partial charge in [-0.25, -0.2) is 8.42 Å². The van der Waals surface area contributed by atoms with Crippen LogP contribution < -0.4 is 4.31 Å². The summed E-state index contributed by atoms with van der Waals surface area (Å²) in [6, 6.07) is 12.1. The van der Waals surface area contributed by atoms with Crippen molar-refractivity contribution >= 4 is 21.5 Å². The van der Waals surface area contributed by atoms with Gasteiger partial charge in [0.15, 0.2) is 5.78 Å². The summed E-state index contributed by atoms with van der Waals surface area (Å²) >= 11 is 0. The Morgan fingerprint density at radius 1 is 1.09 bits per heavy atom. The molecule has 0 atom stereocenters. The molecule has 0 spiro atoms. The van der Waals surface area contributed by atoms with Gasteiger partial charge in [-0.15, -0.1) is 0 Å². The Bertz CT molecular complexity index is 839. The first-order chi connectivity index (χ1) is 10.4. The second-order valence-electron chi connectivity index (χ2n) is 5.54. The molecule has 0 aliphatic carbocycles. The van der Waals surface area contributed by atoms with Crippen LogP contribution in [0, 0.1) is 6.92 Å². The number of fused-ring (bicyclic) bond motifs is 1. The van der Waals surface area contributed by atoms with Crippen LogP contribution in [-0.2, 0) is 16.4 Å². The maximum Gasteiger partial charge on any atom is 0.264 e. The maximum atomic E-state index is 12.8. The molecule has 3 rings (SSSR count). The molecule has 0 bridgehead atoms. The molecule has 0 unspecified atom stereocenters. The lowest BCUT2D eigenvalue weighted by atomic mass is 10.1. The topological polar surface area (TPSA) is 54.5 Å². The van der Waals surface area contributed by atoms with Crippen LogP contribution in [0.1, 0.15) is 28.4 Å². The highest BCUT2D eigenvalue weighted by Crippen LogP contribution is 2.33. The highest BCUT2D eigenvalue weighted by atomic mass is 32.2. The first kappa shape index (κ1) is 14.8. The van der Waals surface area contributed by atoms with E-state index < -0.39 is 10.0 Å². The number of carbonyl (C=O) groups excluding carboxylic acids is 1. The van der Waals surface area contributed by atoms with E-state index in [2.05, 4.69) is 0 Å². The molecular formula is C17H17NO3S. The standard InChI is InChI=1S/C17H17NO3S/c1-12-3-7-16(8-4-12)22(20,21)18-10-9-14-5-6-15(13(2)19)11-17(14)18/h3-8,11H,9-10H2,1-2H3. The molecule has 2 aromatic carbocycles. The number of hydrogen-bond acceptors (Lipinski definition) is 3. The molecule has 0 aromatic heterocycles. The van der Waals surface area contributed by atoms with Gasteiger partial charge in [-0.05, 0) is 44.0 Å². The van der Waals surface area contributed by atoms with E-state index in [1.807, 2.05) is 13.0 Å². The molecule has 0 fully saturated rings. The van der Waals surface area contributed by atoms with Crippen LogP contribution in [0.2, 0.25) is 0 Å². The molecule has 1 heterocycles. The highest BCUT2D eigenvalue weighted by Gasteiger charge is 2.31. The van der Waals surface area contributed by atoms with Crippen LogP contribution in [0.15, 0.2) is 47.4 Å². The van der Waals surface area contributed by atoms with Crippen LogP contribution in [0.5, 0.6) is 0 Å². The monoisotopic (exact) mass is 315 g/mol. The van der Waals surface area contributed by atoms with Crippen molar-refractivity contribution in [2.75, 3.05) is 10.8 Å². The van der Waals surface area contributed by atoms with Crippen molar-refractivity contribution in [2.45, 2.75) is 25.2 Å². The van der Waals surface area contributed by atoms with E-state index >= 15 is 0 Å². The second kappa shape index (κ2) is 5.25. The quantitative estimate of drug-likeness (QED) is 0.818. The zero-order chi connectivity index (χ0) is 15.9. The van der Waals surface area contributed by atoms with Gasteiger partial charge in [0.05, 0.1) is 10.6 Å². The van der Waals surface area contributed by atoms with Crippen molar-refractivity contribution in [1.29, 1.82) is 0 Å². The number of Topliss-reactive ketones (excluding diaryl/α,β-unsaturated/α-hetero) is 1. The number of nitrogens with zero attached hydrogens (tertiary/aromatic N) is 1. The normalized spacial score (nSPS) is 14.0. The first-order valence-corrected chi connectivity index (χ1v) is 8.57. The summed E-state index contributed by atoms with van der Waals surface area (Å²) in [4.78, 5) is 11.8. The Morgan fingerprint density at radius 3 is 2.41 bits per heavy atom. The van der Waals surface area contributed by atoms with E-state index in [9.17, 15) is 13.2 Å².